The number of H-pyrrole nitrogens is 1. The standard InChI is InChI=1S/C14H24N4O/c1-9-13(10(2)18-17-9)16-12(19)8-15-11-6-5-7-14(11,3)4/h11,15H,5-8H2,1-4H3,(H,16,19)(H,17,18)/t11-/m1/s1. The van der Waals surface area contributed by atoms with Gasteiger partial charge in [-0.2, -0.15) is 5.10 Å². The van der Waals surface area contributed by atoms with E-state index in [0.717, 1.165) is 23.5 Å². The lowest BCUT2D eigenvalue weighted by molar-refractivity contribution is -0.115. The minimum atomic E-state index is -0.00435. The SMILES string of the molecule is Cc1n[nH]c(C)c1NC(=O)CN[C@@H]1CCCC1(C)C. The minimum absolute atomic E-state index is 0.00435. The van der Waals surface area contributed by atoms with E-state index >= 15 is 0 Å². The monoisotopic (exact) mass is 264 g/mol. The summed E-state index contributed by atoms with van der Waals surface area (Å²) in [7, 11) is 0. The predicted molar refractivity (Wildman–Crippen MR) is 76.1 cm³/mol. The Morgan fingerprint density at radius 2 is 2.21 bits per heavy atom. The lowest BCUT2D eigenvalue weighted by atomic mass is 9.87. The van der Waals surface area contributed by atoms with E-state index in [1.54, 1.807) is 0 Å². The van der Waals surface area contributed by atoms with Crippen LogP contribution in [0.3, 0.4) is 0 Å². The molecule has 2 rings (SSSR count). The fourth-order valence-corrected chi connectivity index (χ4v) is 2.84. The Morgan fingerprint density at radius 1 is 1.47 bits per heavy atom. The van der Waals surface area contributed by atoms with E-state index in [4.69, 9.17) is 0 Å². The third kappa shape index (κ3) is 3.15. The van der Waals surface area contributed by atoms with Gasteiger partial charge in [-0.05, 0) is 32.1 Å². The molecule has 1 saturated carbocycles. The molecule has 1 heterocycles. The Hall–Kier alpha value is -1.36. The van der Waals surface area contributed by atoms with Gasteiger partial charge in [-0.25, -0.2) is 0 Å². The molecule has 5 heteroatoms. The van der Waals surface area contributed by atoms with Crippen molar-refractivity contribution < 1.29 is 4.79 Å². The first kappa shape index (κ1) is 14.1. The minimum Gasteiger partial charge on any atom is -0.322 e. The van der Waals surface area contributed by atoms with Gasteiger partial charge in [-0.15, -0.1) is 0 Å². The Kier molecular flexibility index (Phi) is 3.94. The van der Waals surface area contributed by atoms with E-state index in [2.05, 4.69) is 34.7 Å². The molecule has 0 radical (unpaired) electrons. The molecule has 1 fully saturated rings. The fraction of sp³-hybridized carbons (Fsp3) is 0.714. The lowest BCUT2D eigenvalue weighted by Crippen LogP contribution is -2.41. The van der Waals surface area contributed by atoms with E-state index in [0.29, 0.717) is 18.0 Å². The summed E-state index contributed by atoms with van der Waals surface area (Å²) in [5.74, 6) is -0.00435. The molecular formula is C14H24N4O. The molecule has 1 aromatic heterocycles. The summed E-state index contributed by atoms with van der Waals surface area (Å²) < 4.78 is 0. The van der Waals surface area contributed by atoms with Crippen molar-refractivity contribution in [3.05, 3.63) is 11.4 Å². The number of aromatic amines is 1. The zero-order chi connectivity index (χ0) is 14.0. The van der Waals surface area contributed by atoms with Crippen LogP contribution >= 0.6 is 0 Å². The summed E-state index contributed by atoms with van der Waals surface area (Å²) in [4.78, 5) is 12.0. The molecule has 0 unspecified atom stereocenters. The van der Waals surface area contributed by atoms with E-state index < -0.39 is 0 Å². The number of nitrogens with zero attached hydrogens (tertiary/aromatic N) is 1. The van der Waals surface area contributed by atoms with Gasteiger partial charge in [0, 0.05) is 6.04 Å². The smallest absolute Gasteiger partial charge is 0.238 e. The second-order valence-corrected chi connectivity index (χ2v) is 6.17. The van der Waals surface area contributed by atoms with Crippen LogP contribution in [0.5, 0.6) is 0 Å². The molecule has 0 bridgehead atoms. The number of rotatable bonds is 4. The number of aromatic nitrogens is 2. The molecule has 1 aliphatic carbocycles. The lowest BCUT2D eigenvalue weighted by Gasteiger charge is -2.27. The van der Waals surface area contributed by atoms with Gasteiger partial charge >= 0.3 is 0 Å². The number of carbonyl (C=O) groups is 1. The van der Waals surface area contributed by atoms with Crippen LogP contribution in [-0.2, 0) is 4.79 Å². The van der Waals surface area contributed by atoms with E-state index in [1.165, 1.54) is 12.8 Å². The molecular weight excluding hydrogens is 240 g/mol. The van der Waals surface area contributed by atoms with Crippen molar-refractivity contribution in [2.75, 3.05) is 11.9 Å². The molecule has 106 valence electrons. The highest BCUT2D eigenvalue weighted by atomic mass is 16.1. The van der Waals surface area contributed by atoms with Crippen LogP contribution < -0.4 is 10.6 Å². The molecule has 1 aromatic rings. The summed E-state index contributed by atoms with van der Waals surface area (Å²) in [6.45, 7) is 8.67. The number of carbonyl (C=O) groups excluding carboxylic acids is 1. The molecule has 1 atom stereocenters. The van der Waals surface area contributed by atoms with Crippen LogP contribution in [0.25, 0.3) is 0 Å². The predicted octanol–water partition coefficient (Wildman–Crippen LogP) is 2.13. The van der Waals surface area contributed by atoms with Crippen LogP contribution in [0.2, 0.25) is 0 Å². The number of hydrogen-bond donors (Lipinski definition) is 3. The van der Waals surface area contributed by atoms with E-state index in [-0.39, 0.29) is 5.91 Å². The van der Waals surface area contributed by atoms with Crippen molar-refractivity contribution in [2.24, 2.45) is 5.41 Å². The first-order chi connectivity index (χ1) is 8.90. The third-order valence-electron chi connectivity index (χ3n) is 4.16. The summed E-state index contributed by atoms with van der Waals surface area (Å²) in [5, 5.41) is 13.2. The molecule has 1 aliphatic rings. The van der Waals surface area contributed by atoms with Crippen molar-refractivity contribution in [2.45, 2.75) is 53.0 Å². The molecule has 0 aromatic carbocycles. The highest BCUT2D eigenvalue weighted by molar-refractivity contribution is 5.93. The van der Waals surface area contributed by atoms with Crippen LogP contribution in [-0.4, -0.2) is 28.7 Å². The Bertz CT molecular complexity index is 445. The molecule has 0 aliphatic heterocycles. The first-order valence-corrected chi connectivity index (χ1v) is 6.95. The van der Waals surface area contributed by atoms with Gasteiger partial charge in [0.15, 0.2) is 0 Å². The van der Waals surface area contributed by atoms with E-state index in [9.17, 15) is 4.79 Å². The summed E-state index contributed by atoms with van der Waals surface area (Å²) >= 11 is 0. The second-order valence-electron chi connectivity index (χ2n) is 6.17. The van der Waals surface area contributed by atoms with Crippen molar-refractivity contribution in [3.8, 4) is 0 Å². The van der Waals surface area contributed by atoms with E-state index in [1.807, 2.05) is 13.8 Å². The maximum Gasteiger partial charge on any atom is 0.238 e. The van der Waals surface area contributed by atoms with Crippen LogP contribution in [0.4, 0.5) is 5.69 Å². The fourth-order valence-electron chi connectivity index (χ4n) is 2.84. The first-order valence-electron chi connectivity index (χ1n) is 6.95. The summed E-state index contributed by atoms with van der Waals surface area (Å²) in [5.41, 5.74) is 2.82. The highest BCUT2D eigenvalue weighted by Gasteiger charge is 2.34. The summed E-state index contributed by atoms with van der Waals surface area (Å²) in [6, 6.07) is 0.435. The second kappa shape index (κ2) is 5.33. The maximum absolute atomic E-state index is 12.0. The third-order valence-corrected chi connectivity index (χ3v) is 4.16. The number of amides is 1. The quantitative estimate of drug-likeness (QED) is 0.780. The number of hydrogen-bond acceptors (Lipinski definition) is 3. The van der Waals surface area contributed by atoms with Crippen molar-refractivity contribution >= 4 is 11.6 Å². The average Bonchev–Trinajstić information content (AvgIpc) is 2.83. The van der Waals surface area contributed by atoms with Gasteiger partial charge in [0.05, 0.1) is 23.6 Å². The van der Waals surface area contributed by atoms with Gasteiger partial charge in [-0.3, -0.25) is 9.89 Å². The zero-order valence-corrected chi connectivity index (χ0v) is 12.3. The molecule has 3 N–H and O–H groups in total. The van der Waals surface area contributed by atoms with Crippen LogP contribution in [0.1, 0.15) is 44.5 Å². The number of nitrogens with one attached hydrogen (secondary N) is 3. The molecule has 19 heavy (non-hydrogen) atoms. The summed E-state index contributed by atoms with van der Waals surface area (Å²) in [6.07, 6.45) is 3.63. The Morgan fingerprint density at radius 3 is 2.74 bits per heavy atom. The molecule has 5 nitrogen and oxygen atoms in total. The number of anilines is 1. The van der Waals surface area contributed by atoms with Crippen molar-refractivity contribution in [1.29, 1.82) is 0 Å². The maximum atomic E-state index is 12.0. The Balaban J connectivity index is 1.86. The van der Waals surface area contributed by atoms with Crippen molar-refractivity contribution in [3.63, 3.8) is 0 Å². The zero-order valence-electron chi connectivity index (χ0n) is 12.3. The van der Waals surface area contributed by atoms with Gasteiger partial charge in [-0.1, -0.05) is 20.3 Å². The van der Waals surface area contributed by atoms with Gasteiger partial charge in [0.25, 0.3) is 0 Å². The Labute approximate surface area is 114 Å². The topological polar surface area (TPSA) is 69.8 Å². The molecule has 1 amide bonds. The largest absolute Gasteiger partial charge is 0.322 e. The normalized spacial score (nSPS) is 21.6. The van der Waals surface area contributed by atoms with Crippen molar-refractivity contribution in [1.82, 2.24) is 15.5 Å². The average molecular weight is 264 g/mol. The van der Waals surface area contributed by atoms with Crippen LogP contribution in [0, 0.1) is 19.3 Å². The van der Waals surface area contributed by atoms with Crippen LogP contribution in [0.15, 0.2) is 0 Å². The highest BCUT2D eigenvalue weighted by Crippen LogP contribution is 2.36. The van der Waals surface area contributed by atoms with Gasteiger partial charge in [0.2, 0.25) is 5.91 Å². The molecule has 0 saturated heterocycles. The van der Waals surface area contributed by atoms with Gasteiger partial charge < -0.3 is 10.6 Å². The molecule has 0 spiro atoms. The van der Waals surface area contributed by atoms with Gasteiger partial charge in [0.1, 0.15) is 0 Å². The number of aryl methyl sites for hydroxylation is 2.